The van der Waals surface area contributed by atoms with Gasteiger partial charge >= 0.3 is 6.18 Å². The average molecular weight is 237 g/mol. The van der Waals surface area contributed by atoms with Crippen molar-refractivity contribution in [2.24, 2.45) is 0 Å². The number of aliphatic hydroxyl groups is 1. The van der Waals surface area contributed by atoms with Gasteiger partial charge in [-0.2, -0.15) is 13.2 Å². The van der Waals surface area contributed by atoms with Crippen molar-refractivity contribution in [1.29, 1.82) is 0 Å². The van der Waals surface area contributed by atoms with Crippen LogP contribution in [0.1, 0.15) is 17.2 Å². The molecule has 0 aromatic heterocycles. The van der Waals surface area contributed by atoms with Crippen LogP contribution in [-0.2, 0) is 6.18 Å². The predicted octanol–water partition coefficient (Wildman–Crippen LogP) is 2.10. The molecule has 1 aromatic carbocycles. The Balaban J connectivity index is 3.33. The summed E-state index contributed by atoms with van der Waals surface area (Å²) in [6.45, 7) is -0.539. The minimum absolute atomic E-state index is 0.294. The van der Waals surface area contributed by atoms with E-state index in [1.54, 1.807) is 0 Å². The quantitative estimate of drug-likeness (QED) is 0.789. The van der Waals surface area contributed by atoms with Crippen LogP contribution in [-0.4, -0.2) is 18.8 Å². The number of aliphatic hydroxyl groups excluding tert-OH is 1. The first-order valence-electron chi connectivity index (χ1n) is 4.55. The normalized spacial score (nSPS) is 13.9. The highest BCUT2D eigenvalue weighted by atomic mass is 19.4. The summed E-state index contributed by atoms with van der Waals surface area (Å²) in [6, 6.07) is 2.13. The lowest BCUT2D eigenvalue weighted by Crippen LogP contribution is -2.24. The SMILES string of the molecule is CN[C@@H](CO)c1cccc(F)c1C(F)(F)F. The van der Waals surface area contributed by atoms with Gasteiger partial charge in [-0.15, -0.1) is 0 Å². The third-order valence-corrected chi connectivity index (χ3v) is 2.24. The first-order valence-corrected chi connectivity index (χ1v) is 4.55. The molecule has 0 aliphatic heterocycles. The molecule has 0 aliphatic rings. The van der Waals surface area contributed by atoms with Crippen molar-refractivity contribution in [3.63, 3.8) is 0 Å². The van der Waals surface area contributed by atoms with Crippen molar-refractivity contribution in [2.45, 2.75) is 12.2 Å². The smallest absolute Gasteiger partial charge is 0.394 e. The first-order chi connectivity index (χ1) is 7.41. The van der Waals surface area contributed by atoms with Gasteiger partial charge in [-0.05, 0) is 18.7 Å². The van der Waals surface area contributed by atoms with Crippen LogP contribution in [0.4, 0.5) is 17.6 Å². The summed E-state index contributed by atoms with van der Waals surface area (Å²) in [7, 11) is 1.39. The number of likely N-dealkylation sites (N-methyl/N-ethyl adjacent to an activating group) is 1. The molecule has 0 heterocycles. The lowest BCUT2D eigenvalue weighted by atomic mass is 10.00. The molecular weight excluding hydrogens is 226 g/mol. The zero-order valence-corrected chi connectivity index (χ0v) is 8.48. The third kappa shape index (κ3) is 2.51. The molecule has 1 rings (SSSR count). The second-order valence-electron chi connectivity index (χ2n) is 3.23. The van der Waals surface area contributed by atoms with Gasteiger partial charge in [0.05, 0.1) is 18.2 Å². The maximum Gasteiger partial charge on any atom is 0.419 e. The minimum Gasteiger partial charge on any atom is -0.394 e. The average Bonchev–Trinajstić information content (AvgIpc) is 2.17. The van der Waals surface area contributed by atoms with Gasteiger partial charge in [-0.25, -0.2) is 4.39 Å². The van der Waals surface area contributed by atoms with Crippen LogP contribution in [0.15, 0.2) is 18.2 Å². The van der Waals surface area contributed by atoms with Crippen molar-refractivity contribution in [3.8, 4) is 0 Å². The third-order valence-electron chi connectivity index (χ3n) is 2.24. The molecule has 0 amide bonds. The van der Waals surface area contributed by atoms with Crippen LogP contribution in [0.25, 0.3) is 0 Å². The van der Waals surface area contributed by atoms with Crippen molar-refractivity contribution < 1.29 is 22.7 Å². The van der Waals surface area contributed by atoms with Gasteiger partial charge in [0.25, 0.3) is 0 Å². The van der Waals surface area contributed by atoms with Crippen molar-refractivity contribution in [2.75, 3.05) is 13.7 Å². The van der Waals surface area contributed by atoms with E-state index >= 15 is 0 Å². The van der Waals surface area contributed by atoms with E-state index in [0.29, 0.717) is 0 Å². The predicted molar refractivity (Wildman–Crippen MR) is 50.3 cm³/mol. The maximum atomic E-state index is 13.1. The van der Waals surface area contributed by atoms with E-state index in [4.69, 9.17) is 5.11 Å². The zero-order valence-electron chi connectivity index (χ0n) is 8.48. The Kier molecular flexibility index (Phi) is 3.88. The summed E-state index contributed by atoms with van der Waals surface area (Å²) >= 11 is 0. The highest BCUT2D eigenvalue weighted by molar-refractivity contribution is 5.33. The lowest BCUT2D eigenvalue weighted by molar-refractivity contribution is -0.141. The Bertz CT molecular complexity index is 360. The number of benzene rings is 1. The number of halogens is 4. The minimum atomic E-state index is -4.77. The van der Waals surface area contributed by atoms with Crippen LogP contribution in [0.3, 0.4) is 0 Å². The molecule has 2 nitrogen and oxygen atoms in total. The van der Waals surface area contributed by atoms with Crippen LogP contribution in [0.5, 0.6) is 0 Å². The van der Waals surface area contributed by atoms with Gasteiger partial charge in [0.1, 0.15) is 5.82 Å². The van der Waals surface area contributed by atoms with E-state index in [2.05, 4.69) is 5.32 Å². The monoisotopic (exact) mass is 237 g/mol. The molecule has 0 fully saturated rings. The van der Waals surface area contributed by atoms with Gasteiger partial charge in [0.15, 0.2) is 0 Å². The molecule has 0 aliphatic carbocycles. The van der Waals surface area contributed by atoms with E-state index in [1.165, 1.54) is 13.1 Å². The highest BCUT2D eigenvalue weighted by Crippen LogP contribution is 2.36. The number of alkyl halides is 3. The molecule has 0 spiro atoms. The molecule has 0 saturated carbocycles. The molecule has 0 unspecified atom stereocenters. The molecule has 90 valence electrons. The molecule has 1 aromatic rings. The largest absolute Gasteiger partial charge is 0.419 e. The van der Waals surface area contributed by atoms with Gasteiger partial charge in [-0.1, -0.05) is 12.1 Å². The van der Waals surface area contributed by atoms with Gasteiger partial charge < -0.3 is 10.4 Å². The Hall–Kier alpha value is -1.14. The summed E-state index contributed by atoms with van der Waals surface area (Å²) in [4.78, 5) is 0. The topological polar surface area (TPSA) is 32.3 Å². The van der Waals surface area contributed by atoms with Crippen LogP contribution in [0, 0.1) is 5.82 Å². The van der Waals surface area contributed by atoms with Crippen LogP contribution in [0.2, 0.25) is 0 Å². The Morgan fingerprint density at radius 3 is 2.44 bits per heavy atom. The first kappa shape index (κ1) is 12.9. The van der Waals surface area contributed by atoms with Gasteiger partial charge in [0.2, 0.25) is 0 Å². The standard InChI is InChI=1S/C10H11F4NO/c1-15-8(5-16)6-3-2-4-7(11)9(6)10(12,13)14/h2-4,8,15-16H,5H2,1H3/t8-/m0/s1. The fourth-order valence-electron chi connectivity index (χ4n) is 1.48. The van der Waals surface area contributed by atoms with Crippen molar-refractivity contribution in [1.82, 2.24) is 5.32 Å². The van der Waals surface area contributed by atoms with E-state index in [-0.39, 0.29) is 5.56 Å². The van der Waals surface area contributed by atoms with Gasteiger partial charge in [0, 0.05) is 0 Å². The van der Waals surface area contributed by atoms with E-state index in [9.17, 15) is 17.6 Å². The summed E-state index contributed by atoms with van der Waals surface area (Å²) in [5, 5.41) is 11.4. The Morgan fingerprint density at radius 1 is 1.38 bits per heavy atom. The van der Waals surface area contributed by atoms with E-state index < -0.39 is 30.2 Å². The summed E-state index contributed by atoms with van der Waals surface area (Å²) in [5.74, 6) is -1.33. The number of rotatable bonds is 3. The number of nitrogens with one attached hydrogen (secondary N) is 1. The summed E-state index contributed by atoms with van der Waals surface area (Å²) < 4.78 is 50.9. The molecule has 0 saturated heterocycles. The molecule has 0 bridgehead atoms. The van der Waals surface area contributed by atoms with E-state index in [0.717, 1.165) is 12.1 Å². The molecule has 1 atom stereocenters. The maximum absolute atomic E-state index is 13.1. The highest BCUT2D eigenvalue weighted by Gasteiger charge is 2.38. The molecule has 6 heteroatoms. The number of hydrogen-bond donors (Lipinski definition) is 2. The summed E-state index contributed by atoms with van der Waals surface area (Å²) in [6.07, 6.45) is -4.77. The Morgan fingerprint density at radius 2 is 2.00 bits per heavy atom. The fourth-order valence-corrected chi connectivity index (χ4v) is 1.48. The van der Waals surface area contributed by atoms with Crippen LogP contribution < -0.4 is 5.32 Å². The van der Waals surface area contributed by atoms with Crippen molar-refractivity contribution >= 4 is 0 Å². The lowest BCUT2D eigenvalue weighted by Gasteiger charge is -2.19. The molecule has 2 N–H and O–H groups in total. The van der Waals surface area contributed by atoms with E-state index in [1.807, 2.05) is 0 Å². The molecular formula is C10H11F4NO. The van der Waals surface area contributed by atoms with Crippen molar-refractivity contribution in [3.05, 3.63) is 35.1 Å². The second-order valence-corrected chi connectivity index (χ2v) is 3.23. The Labute approximate surface area is 89.9 Å². The van der Waals surface area contributed by atoms with Crippen LogP contribution >= 0.6 is 0 Å². The summed E-state index contributed by atoms with van der Waals surface area (Å²) in [5.41, 5.74) is -1.62. The second kappa shape index (κ2) is 4.80. The molecule has 0 radical (unpaired) electrons. The van der Waals surface area contributed by atoms with Gasteiger partial charge in [-0.3, -0.25) is 0 Å². The molecule has 16 heavy (non-hydrogen) atoms. The fraction of sp³-hybridized carbons (Fsp3) is 0.400. The zero-order chi connectivity index (χ0) is 12.3. The number of hydrogen-bond acceptors (Lipinski definition) is 2.